The summed E-state index contributed by atoms with van der Waals surface area (Å²) in [6.07, 6.45) is 0. The van der Waals surface area contributed by atoms with Crippen molar-refractivity contribution in [3.63, 3.8) is 0 Å². The van der Waals surface area contributed by atoms with Gasteiger partial charge in [-0.15, -0.1) is 0 Å². The molecule has 0 aromatic heterocycles. The lowest BCUT2D eigenvalue weighted by Gasteiger charge is -2.53. The highest BCUT2D eigenvalue weighted by molar-refractivity contribution is 8.72. The first kappa shape index (κ1) is 27.1. The van der Waals surface area contributed by atoms with E-state index in [1.54, 1.807) is 42.5 Å². The number of rotatable bonds is 9. The van der Waals surface area contributed by atoms with Crippen LogP contribution in [0.1, 0.15) is 19.4 Å². The third-order valence-corrected chi connectivity index (χ3v) is 9.00. The number of hydrogen-bond donors (Lipinski definition) is 1. The number of β-lactam (4-membered cyclic amide) rings is 1. The van der Waals surface area contributed by atoms with Gasteiger partial charge in [-0.1, -0.05) is 35.9 Å². The second-order valence-corrected chi connectivity index (χ2v) is 11.7. The van der Waals surface area contributed by atoms with E-state index in [9.17, 15) is 22.8 Å². The summed E-state index contributed by atoms with van der Waals surface area (Å²) in [6, 6.07) is 14.2. The van der Waals surface area contributed by atoms with Crippen LogP contribution in [-0.4, -0.2) is 56.4 Å². The highest BCUT2D eigenvalue weighted by Gasteiger charge is 2.68. The van der Waals surface area contributed by atoms with Crippen LogP contribution in [0.15, 0.2) is 70.9 Å². The quantitative estimate of drug-likeness (QED) is 0.129. The topological polar surface area (TPSA) is 128 Å². The number of methoxy groups -OCH3 is 2. The highest BCUT2D eigenvalue weighted by atomic mass is 33.1. The first-order valence-electron chi connectivity index (χ1n) is 10.7. The number of carbonyl (C=O) groups excluding carboxylic acids is 3. The predicted molar refractivity (Wildman–Crippen MR) is 132 cm³/mol. The molecule has 0 bridgehead atoms. The molecule has 0 spiro atoms. The zero-order chi connectivity index (χ0) is 26.7. The van der Waals surface area contributed by atoms with E-state index in [-0.39, 0.29) is 22.1 Å². The van der Waals surface area contributed by atoms with Crippen molar-refractivity contribution in [2.45, 2.75) is 36.8 Å². The number of ether oxygens (including phenoxy) is 3. The molecule has 0 aliphatic carbocycles. The monoisotopic (exact) mass is 534 g/mol. The third-order valence-electron chi connectivity index (χ3n) is 5.29. The molecule has 2 aromatic carbocycles. The Labute approximate surface area is 212 Å². The van der Waals surface area contributed by atoms with Crippen LogP contribution >= 0.6 is 10.8 Å². The van der Waals surface area contributed by atoms with Crippen molar-refractivity contribution in [1.29, 1.82) is 0 Å². The molecular weight excluding hydrogens is 508 g/mol. The zero-order valence-electron chi connectivity index (χ0n) is 20.3. The average Bonchev–Trinajstić information content (AvgIpc) is 2.85. The largest absolute Gasteiger partial charge is 0.499 e. The Morgan fingerprint density at radius 2 is 1.61 bits per heavy atom. The molecule has 0 saturated carbocycles. The maximum Gasteiger partial charge on any atom is 0.358 e. The molecule has 2 atom stereocenters. The molecule has 3 rings (SSSR count). The molecule has 1 N–H and O–H groups in total. The molecule has 36 heavy (non-hydrogen) atoms. The molecular formula is C24H26N2O8S2. The molecule has 1 heterocycles. The van der Waals surface area contributed by atoms with Gasteiger partial charge in [0.1, 0.15) is 11.5 Å². The van der Waals surface area contributed by atoms with Crippen molar-refractivity contribution in [2.24, 2.45) is 0 Å². The lowest BCUT2D eigenvalue weighted by atomic mass is 9.99. The fourth-order valence-corrected chi connectivity index (χ4v) is 7.00. The van der Waals surface area contributed by atoms with Gasteiger partial charge in [0, 0.05) is 17.7 Å². The normalized spacial score (nSPS) is 20.1. The van der Waals surface area contributed by atoms with Gasteiger partial charge in [0.05, 0.1) is 19.1 Å². The van der Waals surface area contributed by atoms with E-state index in [1.165, 1.54) is 33.1 Å². The van der Waals surface area contributed by atoms with Crippen LogP contribution < -0.4 is 10.1 Å². The third kappa shape index (κ3) is 5.19. The number of carbonyl (C=O) groups is 3. The number of nitrogens with zero attached hydrogens (tertiary/aromatic N) is 1. The van der Waals surface area contributed by atoms with Crippen LogP contribution in [0.25, 0.3) is 0 Å². The standard InChI is InChI=1S/C24H26N2O8S2/c1-15-11-13-19(14-12-15)36(30,31)35-23-24(25-17(3)27,34-18-9-7-6-8-10-18)22(29)26(23)20(16(2)32-4)21(28)33-5/h6-14,23H,1-5H3,(H,25,27). The SMILES string of the molecule is COC(=O)C(=C(C)OC)N1C(=O)C(NC(C)=O)(Oc2ccccc2)C1SS(=O)(=O)c1ccc(C)cc1. The number of nitrogens with one attached hydrogen (secondary N) is 1. The van der Waals surface area contributed by atoms with Gasteiger partial charge in [-0.05, 0) is 38.1 Å². The van der Waals surface area contributed by atoms with Crippen molar-refractivity contribution in [3.05, 3.63) is 71.6 Å². The number of esters is 1. The first-order chi connectivity index (χ1) is 17.0. The van der Waals surface area contributed by atoms with Gasteiger partial charge in [-0.2, -0.15) is 0 Å². The zero-order valence-corrected chi connectivity index (χ0v) is 21.9. The second kappa shape index (κ2) is 10.6. The number of aryl methyl sites for hydroxylation is 1. The minimum absolute atomic E-state index is 0.00432. The minimum Gasteiger partial charge on any atom is -0.499 e. The lowest BCUT2D eigenvalue weighted by Crippen LogP contribution is -2.81. The average molecular weight is 535 g/mol. The lowest BCUT2D eigenvalue weighted by molar-refractivity contribution is -0.180. The van der Waals surface area contributed by atoms with E-state index >= 15 is 0 Å². The van der Waals surface area contributed by atoms with Crippen molar-refractivity contribution < 1.29 is 37.0 Å². The van der Waals surface area contributed by atoms with Gasteiger partial charge < -0.3 is 19.5 Å². The highest BCUT2D eigenvalue weighted by Crippen LogP contribution is 2.47. The number of amides is 2. The summed E-state index contributed by atoms with van der Waals surface area (Å²) in [4.78, 5) is 39.4. The number of allylic oxidation sites excluding steroid dienone is 1. The minimum atomic E-state index is -4.11. The fraction of sp³-hybridized carbons (Fsp3) is 0.292. The van der Waals surface area contributed by atoms with Crippen LogP contribution in [-0.2, 0) is 32.7 Å². The maximum absolute atomic E-state index is 13.7. The Balaban J connectivity index is 2.18. The van der Waals surface area contributed by atoms with E-state index < -0.39 is 37.8 Å². The summed E-state index contributed by atoms with van der Waals surface area (Å²) in [5, 5.41) is 1.04. The molecule has 192 valence electrons. The molecule has 1 fully saturated rings. The summed E-state index contributed by atoms with van der Waals surface area (Å²) in [5.41, 5.74) is -1.62. The van der Waals surface area contributed by atoms with Gasteiger partial charge >= 0.3 is 5.97 Å². The van der Waals surface area contributed by atoms with Crippen LogP contribution in [0, 0.1) is 6.92 Å². The molecule has 1 aliphatic rings. The summed E-state index contributed by atoms with van der Waals surface area (Å²) in [5.74, 6) is -2.26. The number of likely N-dealkylation sites (tertiary alicyclic amines) is 1. The molecule has 0 radical (unpaired) electrons. The Hall–Kier alpha value is -3.51. The van der Waals surface area contributed by atoms with Crippen molar-refractivity contribution in [2.75, 3.05) is 14.2 Å². The summed E-state index contributed by atoms with van der Waals surface area (Å²) >= 11 is 0. The van der Waals surface area contributed by atoms with E-state index in [1.807, 2.05) is 6.92 Å². The van der Waals surface area contributed by atoms with Gasteiger partial charge in [0.15, 0.2) is 11.1 Å². The smallest absolute Gasteiger partial charge is 0.358 e. The molecule has 12 heteroatoms. The number of hydrogen-bond acceptors (Lipinski definition) is 9. The van der Waals surface area contributed by atoms with Gasteiger partial charge in [-0.3, -0.25) is 14.5 Å². The van der Waals surface area contributed by atoms with Gasteiger partial charge in [-0.25, -0.2) is 13.2 Å². The number of para-hydroxylation sites is 1. The summed E-state index contributed by atoms with van der Waals surface area (Å²) in [7, 11) is -1.36. The van der Waals surface area contributed by atoms with E-state index in [0.29, 0.717) is 10.8 Å². The van der Waals surface area contributed by atoms with Gasteiger partial charge in [0.25, 0.3) is 11.6 Å². The Morgan fingerprint density at radius 1 is 1.00 bits per heavy atom. The summed E-state index contributed by atoms with van der Waals surface area (Å²) in [6.45, 7) is 4.40. The molecule has 2 unspecified atom stereocenters. The van der Waals surface area contributed by atoms with Crippen LogP contribution in [0.5, 0.6) is 5.75 Å². The van der Waals surface area contributed by atoms with E-state index in [2.05, 4.69) is 5.32 Å². The van der Waals surface area contributed by atoms with Crippen LogP contribution in [0.2, 0.25) is 0 Å². The van der Waals surface area contributed by atoms with E-state index in [4.69, 9.17) is 14.2 Å². The Kier molecular flexibility index (Phi) is 7.99. The first-order valence-corrected chi connectivity index (χ1v) is 13.5. The van der Waals surface area contributed by atoms with Crippen LogP contribution in [0.3, 0.4) is 0 Å². The van der Waals surface area contributed by atoms with Crippen molar-refractivity contribution in [1.82, 2.24) is 10.2 Å². The van der Waals surface area contributed by atoms with Gasteiger partial charge in [0.2, 0.25) is 14.8 Å². The molecule has 1 saturated heterocycles. The van der Waals surface area contributed by atoms with Crippen molar-refractivity contribution in [3.8, 4) is 5.75 Å². The van der Waals surface area contributed by atoms with E-state index in [0.717, 1.165) is 17.6 Å². The fourth-order valence-electron chi connectivity index (χ4n) is 3.49. The molecule has 1 aliphatic heterocycles. The maximum atomic E-state index is 13.7. The molecule has 2 aromatic rings. The summed E-state index contributed by atoms with van der Waals surface area (Å²) < 4.78 is 42.8. The number of benzene rings is 2. The Morgan fingerprint density at radius 3 is 2.14 bits per heavy atom. The predicted octanol–water partition coefficient (Wildman–Crippen LogP) is 2.55. The van der Waals surface area contributed by atoms with Crippen molar-refractivity contribution >= 4 is 37.4 Å². The molecule has 2 amide bonds. The second-order valence-electron chi connectivity index (χ2n) is 7.82. The van der Waals surface area contributed by atoms with Crippen LogP contribution in [0.4, 0.5) is 0 Å². The molecule has 10 nitrogen and oxygen atoms in total. The Bertz CT molecular complexity index is 1290.